The zero-order chi connectivity index (χ0) is 14.1. The molecule has 0 aliphatic rings. The van der Waals surface area contributed by atoms with Gasteiger partial charge in [-0.05, 0) is 24.3 Å². The molecule has 0 spiro atoms. The van der Waals surface area contributed by atoms with Gasteiger partial charge < -0.3 is 11.1 Å². The second kappa shape index (κ2) is 7.40. The van der Waals surface area contributed by atoms with Gasteiger partial charge in [0.25, 0.3) is 10.1 Å². The number of nitrogens with one attached hydrogen (secondary N) is 1. The number of rotatable bonds is 3. The van der Waals surface area contributed by atoms with Crippen LogP contribution in [0, 0.1) is 0 Å². The minimum absolute atomic E-state index is 0.461. The van der Waals surface area contributed by atoms with Gasteiger partial charge in [-0.25, -0.2) is 0 Å². The molecule has 0 atom stereocenters. The zero-order valence-corrected chi connectivity index (χ0v) is 11.0. The van der Waals surface area contributed by atoms with Crippen LogP contribution in [0.2, 0.25) is 0 Å². The minimum Gasteiger partial charge on any atom is -0.399 e. The molecule has 0 aliphatic heterocycles. The smallest absolute Gasteiger partial charge is 0.283 e. The fourth-order valence-electron chi connectivity index (χ4n) is 1.18. The Balaban J connectivity index is 0.000000218. The summed E-state index contributed by atoms with van der Waals surface area (Å²) in [5.74, 6) is -0.461. The Kier molecular flexibility index (Phi) is 5.84. The first-order chi connectivity index (χ1) is 8.97. The molecule has 0 unspecified atom stereocenters. The molecule has 0 aromatic heterocycles. The Morgan fingerprint density at radius 2 is 1.42 bits per heavy atom. The number of anilines is 2. The van der Waals surface area contributed by atoms with Gasteiger partial charge >= 0.3 is 0 Å². The summed E-state index contributed by atoms with van der Waals surface area (Å²) in [7, 11) is -3.93. The maximum Gasteiger partial charge on any atom is 0.283 e. The summed E-state index contributed by atoms with van der Waals surface area (Å²) in [6.45, 7) is 0. The second-order valence-electron chi connectivity index (χ2n) is 3.68. The van der Waals surface area contributed by atoms with Crippen LogP contribution in [-0.4, -0.2) is 18.8 Å². The largest absolute Gasteiger partial charge is 0.399 e. The SMILES string of the molecule is Nc1ccccc1.O=S(=O)(O)CNc1ccccc1. The normalized spacial score (nSPS) is 10.2. The molecule has 0 bridgehead atoms. The van der Waals surface area contributed by atoms with E-state index in [1.165, 1.54) is 0 Å². The monoisotopic (exact) mass is 280 g/mol. The number of para-hydroxylation sites is 2. The van der Waals surface area contributed by atoms with Gasteiger partial charge in [-0.3, -0.25) is 4.55 Å². The van der Waals surface area contributed by atoms with Crippen molar-refractivity contribution in [1.29, 1.82) is 0 Å². The van der Waals surface area contributed by atoms with Gasteiger partial charge in [0.1, 0.15) is 5.88 Å². The Labute approximate surface area is 112 Å². The van der Waals surface area contributed by atoms with Crippen LogP contribution in [0.15, 0.2) is 60.7 Å². The first-order valence-electron chi connectivity index (χ1n) is 5.52. The fraction of sp³-hybridized carbons (Fsp3) is 0.0769. The van der Waals surface area contributed by atoms with E-state index in [1.54, 1.807) is 24.3 Å². The standard InChI is InChI=1S/C7H9NO3S.C6H7N/c9-12(10,11)6-8-7-4-2-1-3-5-7;7-6-4-2-1-3-5-6/h1-5,8H,6H2,(H,9,10,11);1-5H,7H2. The lowest BCUT2D eigenvalue weighted by Crippen LogP contribution is -2.12. The van der Waals surface area contributed by atoms with Gasteiger partial charge in [-0.15, -0.1) is 0 Å². The van der Waals surface area contributed by atoms with E-state index in [4.69, 9.17) is 10.3 Å². The molecule has 2 aromatic carbocycles. The quantitative estimate of drug-likeness (QED) is 0.592. The van der Waals surface area contributed by atoms with Crippen molar-refractivity contribution >= 4 is 21.5 Å². The average Bonchev–Trinajstić information content (AvgIpc) is 2.39. The summed E-state index contributed by atoms with van der Waals surface area (Å²) >= 11 is 0. The predicted octanol–water partition coefficient (Wildman–Crippen LogP) is 2.21. The van der Waals surface area contributed by atoms with E-state index < -0.39 is 16.0 Å². The number of benzene rings is 2. The van der Waals surface area contributed by atoms with Gasteiger partial charge in [0.15, 0.2) is 0 Å². The van der Waals surface area contributed by atoms with Crippen LogP contribution in [0.5, 0.6) is 0 Å². The van der Waals surface area contributed by atoms with Crippen LogP contribution >= 0.6 is 0 Å². The maximum atomic E-state index is 10.3. The molecular weight excluding hydrogens is 264 g/mol. The molecule has 5 nitrogen and oxygen atoms in total. The lowest BCUT2D eigenvalue weighted by Gasteiger charge is -2.02. The van der Waals surface area contributed by atoms with Gasteiger partial charge in [0.05, 0.1) is 0 Å². The molecule has 0 saturated carbocycles. The lowest BCUT2D eigenvalue weighted by atomic mass is 10.3. The zero-order valence-electron chi connectivity index (χ0n) is 10.2. The highest BCUT2D eigenvalue weighted by atomic mass is 32.2. The van der Waals surface area contributed by atoms with Crippen molar-refractivity contribution in [2.24, 2.45) is 0 Å². The third kappa shape index (κ3) is 7.80. The Hall–Kier alpha value is -2.05. The summed E-state index contributed by atoms with van der Waals surface area (Å²) in [6.07, 6.45) is 0. The van der Waals surface area contributed by atoms with E-state index in [9.17, 15) is 8.42 Å². The summed E-state index contributed by atoms with van der Waals surface area (Å²) in [5.41, 5.74) is 6.84. The van der Waals surface area contributed by atoms with E-state index in [-0.39, 0.29) is 0 Å². The highest BCUT2D eigenvalue weighted by Crippen LogP contribution is 2.04. The predicted molar refractivity (Wildman–Crippen MR) is 77.3 cm³/mol. The topological polar surface area (TPSA) is 92.4 Å². The van der Waals surface area contributed by atoms with E-state index in [0.29, 0.717) is 5.69 Å². The molecule has 19 heavy (non-hydrogen) atoms. The second-order valence-corrected chi connectivity index (χ2v) is 5.13. The third-order valence-corrected chi connectivity index (χ3v) is 2.54. The summed E-state index contributed by atoms with van der Waals surface area (Å²) in [4.78, 5) is 0. The van der Waals surface area contributed by atoms with Crippen molar-refractivity contribution in [3.8, 4) is 0 Å². The third-order valence-electron chi connectivity index (χ3n) is 2.03. The molecule has 0 aliphatic carbocycles. The van der Waals surface area contributed by atoms with E-state index in [1.807, 2.05) is 36.4 Å². The first kappa shape index (κ1) is 15.0. The molecule has 0 amide bonds. The highest BCUT2D eigenvalue weighted by molar-refractivity contribution is 7.85. The van der Waals surface area contributed by atoms with Crippen molar-refractivity contribution in [2.45, 2.75) is 0 Å². The van der Waals surface area contributed by atoms with Crippen LogP contribution in [0.1, 0.15) is 0 Å². The molecule has 4 N–H and O–H groups in total. The maximum absolute atomic E-state index is 10.3. The molecule has 0 saturated heterocycles. The summed E-state index contributed by atoms with van der Waals surface area (Å²) in [5, 5.41) is 2.55. The van der Waals surface area contributed by atoms with Crippen LogP contribution < -0.4 is 11.1 Å². The molecular formula is C13H16N2O3S. The summed E-state index contributed by atoms with van der Waals surface area (Å²) < 4.78 is 29.0. The summed E-state index contributed by atoms with van der Waals surface area (Å²) in [6, 6.07) is 18.3. The van der Waals surface area contributed by atoms with Gasteiger partial charge in [-0.2, -0.15) is 8.42 Å². The molecule has 2 aromatic rings. The van der Waals surface area contributed by atoms with Crippen molar-refractivity contribution in [3.05, 3.63) is 60.7 Å². The molecule has 0 fully saturated rings. The molecule has 102 valence electrons. The van der Waals surface area contributed by atoms with Crippen LogP contribution in [0.4, 0.5) is 11.4 Å². The Bertz CT molecular complexity index is 571. The van der Waals surface area contributed by atoms with Crippen molar-refractivity contribution in [1.82, 2.24) is 0 Å². The Morgan fingerprint density at radius 1 is 0.947 bits per heavy atom. The minimum atomic E-state index is -3.93. The van der Waals surface area contributed by atoms with Crippen LogP contribution in [0.3, 0.4) is 0 Å². The molecule has 6 heteroatoms. The van der Waals surface area contributed by atoms with E-state index >= 15 is 0 Å². The molecule has 0 radical (unpaired) electrons. The van der Waals surface area contributed by atoms with Crippen LogP contribution in [-0.2, 0) is 10.1 Å². The fourth-order valence-corrected chi connectivity index (χ4v) is 1.53. The van der Waals surface area contributed by atoms with Gasteiger partial charge in [0, 0.05) is 11.4 Å². The Morgan fingerprint density at radius 3 is 1.79 bits per heavy atom. The van der Waals surface area contributed by atoms with Gasteiger partial charge in [0.2, 0.25) is 0 Å². The number of hydrogen-bond acceptors (Lipinski definition) is 4. The van der Waals surface area contributed by atoms with Crippen LogP contribution in [0.25, 0.3) is 0 Å². The molecule has 2 rings (SSSR count). The number of nitrogen functional groups attached to an aromatic ring is 1. The van der Waals surface area contributed by atoms with Crippen molar-refractivity contribution < 1.29 is 13.0 Å². The average molecular weight is 280 g/mol. The van der Waals surface area contributed by atoms with Crippen molar-refractivity contribution in [2.75, 3.05) is 16.9 Å². The number of nitrogens with two attached hydrogens (primary N) is 1. The lowest BCUT2D eigenvalue weighted by molar-refractivity contribution is 0.485. The first-order valence-corrected chi connectivity index (χ1v) is 7.13. The highest BCUT2D eigenvalue weighted by Gasteiger charge is 2.01. The number of hydrogen-bond donors (Lipinski definition) is 3. The molecule has 0 heterocycles. The van der Waals surface area contributed by atoms with E-state index in [2.05, 4.69) is 5.32 Å². The van der Waals surface area contributed by atoms with E-state index in [0.717, 1.165) is 5.69 Å². The van der Waals surface area contributed by atoms with Gasteiger partial charge in [-0.1, -0.05) is 36.4 Å². The van der Waals surface area contributed by atoms with Crippen molar-refractivity contribution in [3.63, 3.8) is 0 Å².